The van der Waals surface area contributed by atoms with Crippen LogP contribution in [0.25, 0.3) is 0 Å². The third kappa shape index (κ3) is 5.23. The highest BCUT2D eigenvalue weighted by molar-refractivity contribution is 7.91. The van der Waals surface area contributed by atoms with Gasteiger partial charge in [0, 0.05) is 31.5 Å². The van der Waals surface area contributed by atoms with E-state index < -0.39 is 9.84 Å². The molecular weight excluding hydrogens is 368 g/mol. The number of rotatable bonds is 5. The third-order valence-corrected chi connectivity index (χ3v) is 5.82. The Morgan fingerprint density at radius 3 is 2.72 bits per heavy atom. The van der Waals surface area contributed by atoms with Gasteiger partial charge in [-0.25, -0.2) is 8.42 Å². The number of nitrogens with one attached hydrogen (secondary N) is 2. The minimum Gasteiger partial charge on any atom is -0.490 e. The Balaban J connectivity index is 0.00000225. The number of carbonyl (C=O) groups excluding carboxylic acids is 1. The van der Waals surface area contributed by atoms with E-state index in [0.717, 1.165) is 25.9 Å². The van der Waals surface area contributed by atoms with Crippen LogP contribution in [0.3, 0.4) is 0 Å². The second kappa shape index (κ2) is 8.73. The fourth-order valence-electron chi connectivity index (χ4n) is 2.76. The van der Waals surface area contributed by atoms with Crippen molar-refractivity contribution < 1.29 is 22.7 Å². The zero-order valence-corrected chi connectivity index (χ0v) is 15.5. The lowest BCUT2D eigenvalue weighted by Crippen LogP contribution is -2.36. The molecule has 2 aliphatic rings. The number of fused-ring (bicyclic) bond motifs is 1. The molecule has 0 aromatic heterocycles. The van der Waals surface area contributed by atoms with E-state index in [-0.39, 0.29) is 41.4 Å². The average Bonchev–Trinajstić information content (AvgIpc) is 2.95. The summed E-state index contributed by atoms with van der Waals surface area (Å²) >= 11 is 0. The fourth-order valence-corrected chi connectivity index (χ4v) is 4.01. The third-order valence-electron chi connectivity index (χ3n) is 4.10. The SMILES string of the molecule is Cl.O=C(CCS(=O)(=O)c1ccc2c(c1)OCCCO2)NC1CCNC1. The molecule has 1 fully saturated rings. The molecule has 1 aromatic carbocycles. The molecule has 0 spiro atoms. The van der Waals surface area contributed by atoms with Crippen molar-refractivity contribution >= 4 is 28.2 Å². The van der Waals surface area contributed by atoms with Gasteiger partial charge in [0.1, 0.15) is 0 Å². The van der Waals surface area contributed by atoms with Gasteiger partial charge in [0.05, 0.1) is 23.9 Å². The number of hydrogen-bond donors (Lipinski definition) is 2. The summed E-state index contributed by atoms with van der Waals surface area (Å²) in [5.74, 6) is 0.535. The molecule has 1 amide bonds. The second-order valence-corrected chi connectivity index (χ2v) is 8.09. The fraction of sp³-hybridized carbons (Fsp3) is 0.562. The van der Waals surface area contributed by atoms with Crippen molar-refractivity contribution in [3.63, 3.8) is 0 Å². The van der Waals surface area contributed by atoms with Gasteiger partial charge < -0.3 is 20.1 Å². The quantitative estimate of drug-likeness (QED) is 0.776. The normalized spacial score (nSPS) is 19.6. The minimum absolute atomic E-state index is 0. The maximum Gasteiger partial charge on any atom is 0.221 e. The monoisotopic (exact) mass is 390 g/mol. The lowest BCUT2D eigenvalue weighted by molar-refractivity contribution is -0.121. The van der Waals surface area contributed by atoms with Crippen LogP contribution < -0.4 is 20.1 Å². The molecule has 0 radical (unpaired) electrons. The molecule has 2 heterocycles. The highest BCUT2D eigenvalue weighted by Gasteiger charge is 2.22. The van der Waals surface area contributed by atoms with Crippen LogP contribution in [-0.2, 0) is 14.6 Å². The average molecular weight is 391 g/mol. The summed E-state index contributed by atoms with van der Waals surface area (Å²) in [5.41, 5.74) is 0. The van der Waals surface area contributed by atoms with Crippen LogP contribution in [0.2, 0.25) is 0 Å². The predicted octanol–water partition coefficient (Wildman–Crippen LogP) is 0.912. The molecule has 1 atom stereocenters. The van der Waals surface area contributed by atoms with Crippen molar-refractivity contribution in [2.75, 3.05) is 32.1 Å². The molecule has 1 aromatic rings. The predicted molar refractivity (Wildman–Crippen MR) is 95.4 cm³/mol. The topological polar surface area (TPSA) is 93.7 Å². The molecule has 0 saturated carbocycles. The van der Waals surface area contributed by atoms with Crippen LogP contribution in [-0.4, -0.2) is 52.4 Å². The van der Waals surface area contributed by atoms with Crippen LogP contribution in [0, 0.1) is 0 Å². The van der Waals surface area contributed by atoms with Gasteiger partial charge in [-0.3, -0.25) is 4.79 Å². The molecule has 0 aliphatic carbocycles. The summed E-state index contributed by atoms with van der Waals surface area (Å²) in [5, 5.41) is 6.00. The summed E-state index contributed by atoms with van der Waals surface area (Å²) in [4.78, 5) is 12.1. The van der Waals surface area contributed by atoms with Crippen molar-refractivity contribution in [2.45, 2.75) is 30.2 Å². The van der Waals surface area contributed by atoms with Gasteiger partial charge in [0.25, 0.3) is 0 Å². The molecule has 0 bridgehead atoms. The van der Waals surface area contributed by atoms with E-state index in [1.54, 1.807) is 6.07 Å². The van der Waals surface area contributed by atoms with E-state index in [2.05, 4.69) is 10.6 Å². The van der Waals surface area contributed by atoms with Crippen molar-refractivity contribution in [1.29, 1.82) is 0 Å². The summed E-state index contributed by atoms with van der Waals surface area (Å²) in [6.07, 6.45) is 1.58. The molecular formula is C16H23ClN2O5S. The number of halogens is 1. The largest absolute Gasteiger partial charge is 0.490 e. The summed E-state index contributed by atoms with van der Waals surface area (Å²) in [7, 11) is -3.55. The Morgan fingerprint density at radius 2 is 2.00 bits per heavy atom. The number of hydrogen-bond acceptors (Lipinski definition) is 6. The van der Waals surface area contributed by atoms with Crippen LogP contribution in [0.4, 0.5) is 0 Å². The highest BCUT2D eigenvalue weighted by atomic mass is 35.5. The molecule has 2 aliphatic heterocycles. The van der Waals surface area contributed by atoms with Gasteiger partial charge in [-0.1, -0.05) is 0 Å². The van der Waals surface area contributed by atoms with Crippen LogP contribution >= 0.6 is 12.4 Å². The van der Waals surface area contributed by atoms with E-state index in [1.807, 2.05) is 0 Å². The number of amides is 1. The molecule has 9 heteroatoms. The first-order valence-corrected chi connectivity index (χ1v) is 9.82. The maximum atomic E-state index is 12.5. The molecule has 25 heavy (non-hydrogen) atoms. The number of carbonyl (C=O) groups is 1. The lowest BCUT2D eigenvalue weighted by atomic mass is 10.2. The van der Waals surface area contributed by atoms with Gasteiger partial charge in [0.15, 0.2) is 21.3 Å². The van der Waals surface area contributed by atoms with Crippen molar-refractivity contribution in [3.05, 3.63) is 18.2 Å². The van der Waals surface area contributed by atoms with Crippen LogP contribution in [0.5, 0.6) is 11.5 Å². The summed E-state index contributed by atoms with van der Waals surface area (Å²) in [6.45, 7) is 2.66. The molecule has 2 N–H and O–H groups in total. The summed E-state index contributed by atoms with van der Waals surface area (Å²) < 4.78 is 35.9. The first-order chi connectivity index (χ1) is 11.5. The number of benzene rings is 1. The molecule has 3 rings (SSSR count). The molecule has 7 nitrogen and oxygen atoms in total. The highest BCUT2D eigenvalue weighted by Crippen LogP contribution is 2.32. The molecule has 1 saturated heterocycles. The van der Waals surface area contributed by atoms with E-state index in [0.29, 0.717) is 24.7 Å². The number of ether oxygens (including phenoxy) is 2. The lowest BCUT2D eigenvalue weighted by Gasteiger charge is -2.12. The Morgan fingerprint density at radius 1 is 1.24 bits per heavy atom. The summed E-state index contributed by atoms with van der Waals surface area (Å²) in [6, 6.07) is 4.69. The van der Waals surface area contributed by atoms with Gasteiger partial charge in [-0.2, -0.15) is 0 Å². The zero-order valence-electron chi connectivity index (χ0n) is 13.8. The standard InChI is InChI=1S/C16H22N2O5S.ClH/c19-16(18-12-4-6-17-11-12)5-9-24(20,21)13-2-3-14-15(10-13)23-8-1-7-22-14;/h2-3,10,12,17H,1,4-9,11H2,(H,18,19);1H. The van der Waals surface area contributed by atoms with E-state index in [1.165, 1.54) is 12.1 Å². The Hall–Kier alpha value is -1.51. The van der Waals surface area contributed by atoms with Gasteiger partial charge in [0.2, 0.25) is 5.91 Å². The molecule has 1 unspecified atom stereocenters. The Labute approximate surface area is 153 Å². The van der Waals surface area contributed by atoms with E-state index in [4.69, 9.17) is 9.47 Å². The van der Waals surface area contributed by atoms with Gasteiger partial charge in [-0.05, 0) is 25.1 Å². The van der Waals surface area contributed by atoms with Crippen molar-refractivity contribution in [3.8, 4) is 11.5 Å². The zero-order chi connectivity index (χ0) is 17.0. The first kappa shape index (κ1) is 19.8. The van der Waals surface area contributed by atoms with E-state index in [9.17, 15) is 13.2 Å². The minimum atomic E-state index is -3.55. The van der Waals surface area contributed by atoms with Crippen molar-refractivity contribution in [2.24, 2.45) is 0 Å². The van der Waals surface area contributed by atoms with Gasteiger partial charge in [-0.15, -0.1) is 12.4 Å². The first-order valence-electron chi connectivity index (χ1n) is 8.17. The number of sulfone groups is 1. The van der Waals surface area contributed by atoms with Gasteiger partial charge >= 0.3 is 0 Å². The molecule has 140 valence electrons. The van der Waals surface area contributed by atoms with Crippen LogP contribution in [0.1, 0.15) is 19.3 Å². The Bertz CT molecular complexity index is 704. The Kier molecular flexibility index (Phi) is 6.92. The maximum absolute atomic E-state index is 12.5. The van der Waals surface area contributed by atoms with Crippen LogP contribution in [0.15, 0.2) is 23.1 Å². The second-order valence-electron chi connectivity index (χ2n) is 5.99. The smallest absolute Gasteiger partial charge is 0.221 e. The van der Waals surface area contributed by atoms with E-state index >= 15 is 0 Å². The van der Waals surface area contributed by atoms with Crippen molar-refractivity contribution in [1.82, 2.24) is 10.6 Å².